The molecule has 5 heteroatoms. The lowest BCUT2D eigenvalue weighted by atomic mass is 10.1. The molecule has 3 amide bonds. The fourth-order valence-corrected chi connectivity index (χ4v) is 2.10. The first-order valence-electron chi connectivity index (χ1n) is 5.96. The summed E-state index contributed by atoms with van der Waals surface area (Å²) >= 11 is 0. The Labute approximate surface area is 96.1 Å². The third kappa shape index (κ3) is 4.61. The number of primary amides is 1. The van der Waals surface area contributed by atoms with Gasteiger partial charge in [0.2, 0.25) is 5.91 Å². The van der Waals surface area contributed by atoms with Gasteiger partial charge in [0, 0.05) is 6.04 Å². The van der Waals surface area contributed by atoms with Crippen molar-refractivity contribution in [2.24, 2.45) is 5.73 Å². The average Bonchev–Trinajstić information content (AvgIpc) is 2.45. The standard InChI is InChI=1S/C11H21N3O2/c1-8(10(15)14-11(12)16)13-9-6-4-2-3-5-7-9/h8-9,13H,2-7H2,1H3,(H3,12,14,15,16)/t8-/m1/s1. The highest BCUT2D eigenvalue weighted by atomic mass is 16.2. The lowest BCUT2D eigenvalue weighted by molar-refractivity contribution is -0.121. The molecular formula is C11H21N3O2. The zero-order chi connectivity index (χ0) is 12.0. The number of urea groups is 1. The summed E-state index contributed by atoms with van der Waals surface area (Å²) < 4.78 is 0. The number of nitrogens with two attached hydrogens (primary N) is 1. The van der Waals surface area contributed by atoms with Crippen molar-refractivity contribution in [1.29, 1.82) is 0 Å². The summed E-state index contributed by atoms with van der Waals surface area (Å²) in [6, 6.07) is -0.772. The van der Waals surface area contributed by atoms with E-state index in [2.05, 4.69) is 10.6 Å². The molecule has 1 aliphatic rings. The maximum atomic E-state index is 11.4. The molecule has 0 aromatic carbocycles. The van der Waals surface area contributed by atoms with E-state index in [0.29, 0.717) is 6.04 Å². The van der Waals surface area contributed by atoms with Gasteiger partial charge < -0.3 is 11.1 Å². The van der Waals surface area contributed by atoms with Crippen LogP contribution in [0.1, 0.15) is 45.4 Å². The predicted molar refractivity (Wildman–Crippen MR) is 61.8 cm³/mol. The molecule has 0 heterocycles. The van der Waals surface area contributed by atoms with Crippen molar-refractivity contribution in [2.75, 3.05) is 0 Å². The maximum absolute atomic E-state index is 11.4. The second-order valence-electron chi connectivity index (χ2n) is 4.43. The molecule has 0 spiro atoms. The molecule has 1 fully saturated rings. The number of nitrogens with one attached hydrogen (secondary N) is 2. The van der Waals surface area contributed by atoms with Crippen LogP contribution in [0.4, 0.5) is 4.79 Å². The molecule has 0 radical (unpaired) electrons. The van der Waals surface area contributed by atoms with E-state index in [1.165, 1.54) is 25.7 Å². The van der Waals surface area contributed by atoms with E-state index >= 15 is 0 Å². The van der Waals surface area contributed by atoms with Crippen LogP contribution >= 0.6 is 0 Å². The number of hydrogen-bond acceptors (Lipinski definition) is 3. The second-order valence-corrected chi connectivity index (χ2v) is 4.43. The van der Waals surface area contributed by atoms with Gasteiger partial charge >= 0.3 is 6.03 Å². The summed E-state index contributed by atoms with van der Waals surface area (Å²) in [7, 11) is 0. The minimum atomic E-state index is -0.792. The number of carbonyl (C=O) groups is 2. The van der Waals surface area contributed by atoms with Gasteiger partial charge in [-0.2, -0.15) is 0 Å². The van der Waals surface area contributed by atoms with Crippen molar-refractivity contribution in [3.05, 3.63) is 0 Å². The van der Waals surface area contributed by atoms with Crippen molar-refractivity contribution in [2.45, 2.75) is 57.5 Å². The van der Waals surface area contributed by atoms with Crippen molar-refractivity contribution < 1.29 is 9.59 Å². The molecule has 1 aliphatic carbocycles. The quantitative estimate of drug-likeness (QED) is 0.626. The van der Waals surface area contributed by atoms with E-state index in [9.17, 15) is 9.59 Å². The molecule has 1 rings (SSSR count). The number of hydrogen-bond donors (Lipinski definition) is 3. The number of rotatable bonds is 3. The highest BCUT2D eigenvalue weighted by molar-refractivity contribution is 5.96. The lowest BCUT2D eigenvalue weighted by Gasteiger charge is -2.20. The lowest BCUT2D eigenvalue weighted by Crippen LogP contribution is -2.49. The van der Waals surface area contributed by atoms with Gasteiger partial charge in [-0.3, -0.25) is 10.1 Å². The molecule has 16 heavy (non-hydrogen) atoms. The third-order valence-electron chi connectivity index (χ3n) is 2.98. The SMILES string of the molecule is C[C@@H](NC1CCCCCC1)C(=O)NC(N)=O. The van der Waals surface area contributed by atoms with E-state index in [1.54, 1.807) is 6.92 Å². The highest BCUT2D eigenvalue weighted by Crippen LogP contribution is 2.17. The Hall–Kier alpha value is -1.10. The predicted octanol–water partition coefficient (Wildman–Crippen LogP) is 0.882. The molecule has 0 aromatic heterocycles. The minimum absolute atomic E-state index is 0.350. The van der Waals surface area contributed by atoms with E-state index in [-0.39, 0.29) is 11.9 Å². The molecule has 1 atom stereocenters. The second kappa shape index (κ2) is 6.48. The Morgan fingerprint density at radius 2 is 1.75 bits per heavy atom. The minimum Gasteiger partial charge on any atom is -0.351 e. The Morgan fingerprint density at radius 1 is 1.19 bits per heavy atom. The third-order valence-corrected chi connectivity index (χ3v) is 2.98. The number of carbonyl (C=O) groups excluding carboxylic acids is 2. The Bertz CT molecular complexity index is 248. The number of imide groups is 1. The van der Waals surface area contributed by atoms with Gasteiger partial charge in [0.15, 0.2) is 0 Å². The van der Waals surface area contributed by atoms with Gasteiger partial charge in [0.25, 0.3) is 0 Å². The Balaban J connectivity index is 2.33. The monoisotopic (exact) mass is 227 g/mol. The van der Waals surface area contributed by atoms with Gasteiger partial charge in [-0.15, -0.1) is 0 Å². The summed E-state index contributed by atoms with van der Waals surface area (Å²) in [5.74, 6) is -0.350. The van der Waals surface area contributed by atoms with Gasteiger partial charge in [-0.05, 0) is 19.8 Å². The molecular weight excluding hydrogens is 206 g/mol. The molecule has 92 valence electrons. The largest absolute Gasteiger partial charge is 0.351 e. The Morgan fingerprint density at radius 3 is 2.25 bits per heavy atom. The normalized spacial score (nSPS) is 19.8. The van der Waals surface area contributed by atoms with Crippen LogP contribution in [0.5, 0.6) is 0 Å². The van der Waals surface area contributed by atoms with Crippen molar-refractivity contribution in [3.63, 3.8) is 0 Å². The molecule has 5 nitrogen and oxygen atoms in total. The van der Waals surface area contributed by atoms with Gasteiger partial charge in [0.05, 0.1) is 6.04 Å². The highest BCUT2D eigenvalue weighted by Gasteiger charge is 2.19. The fourth-order valence-electron chi connectivity index (χ4n) is 2.10. The average molecular weight is 227 g/mol. The zero-order valence-corrected chi connectivity index (χ0v) is 9.79. The first-order chi connectivity index (χ1) is 7.59. The van der Waals surface area contributed by atoms with Crippen molar-refractivity contribution in [3.8, 4) is 0 Å². The number of amides is 3. The first-order valence-corrected chi connectivity index (χ1v) is 5.96. The van der Waals surface area contributed by atoms with Crippen molar-refractivity contribution >= 4 is 11.9 Å². The van der Waals surface area contributed by atoms with Crippen LogP contribution in [0.25, 0.3) is 0 Å². The van der Waals surface area contributed by atoms with Crippen molar-refractivity contribution in [1.82, 2.24) is 10.6 Å². The molecule has 0 unspecified atom stereocenters. The van der Waals surface area contributed by atoms with Crippen LogP contribution in [-0.2, 0) is 4.79 Å². The summed E-state index contributed by atoms with van der Waals surface area (Å²) in [5, 5.41) is 5.33. The van der Waals surface area contributed by atoms with E-state index in [4.69, 9.17) is 5.73 Å². The summed E-state index contributed by atoms with van der Waals surface area (Å²) in [4.78, 5) is 22.0. The molecule has 0 bridgehead atoms. The van der Waals surface area contributed by atoms with Gasteiger partial charge in [0.1, 0.15) is 0 Å². The van der Waals surface area contributed by atoms with E-state index in [0.717, 1.165) is 12.8 Å². The fraction of sp³-hybridized carbons (Fsp3) is 0.818. The first kappa shape index (κ1) is 13.0. The van der Waals surface area contributed by atoms with Gasteiger partial charge in [-0.1, -0.05) is 25.7 Å². The molecule has 1 saturated carbocycles. The topological polar surface area (TPSA) is 84.2 Å². The van der Waals surface area contributed by atoms with E-state index < -0.39 is 6.03 Å². The summed E-state index contributed by atoms with van der Waals surface area (Å²) in [6.07, 6.45) is 7.19. The van der Waals surface area contributed by atoms with Crippen LogP contribution < -0.4 is 16.4 Å². The summed E-state index contributed by atoms with van der Waals surface area (Å²) in [6.45, 7) is 1.75. The van der Waals surface area contributed by atoms with Crippen LogP contribution in [0.2, 0.25) is 0 Å². The molecule has 0 aliphatic heterocycles. The summed E-state index contributed by atoms with van der Waals surface area (Å²) in [5.41, 5.74) is 4.89. The van der Waals surface area contributed by atoms with Crippen LogP contribution in [0.3, 0.4) is 0 Å². The van der Waals surface area contributed by atoms with Crippen LogP contribution in [0, 0.1) is 0 Å². The smallest absolute Gasteiger partial charge is 0.318 e. The molecule has 0 aromatic rings. The molecule has 0 saturated heterocycles. The maximum Gasteiger partial charge on any atom is 0.318 e. The van der Waals surface area contributed by atoms with Crippen LogP contribution in [0.15, 0.2) is 0 Å². The zero-order valence-electron chi connectivity index (χ0n) is 9.79. The van der Waals surface area contributed by atoms with E-state index in [1.807, 2.05) is 0 Å². The van der Waals surface area contributed by atoms with Gasteiger partial charge in [-0.25, -0.2) is 4.79 Å². The molecule has 4 N–H and O–H groups in total. The van der Waals surface area contributed by atoms with Crippen LogP contribution in [-0.4, -0.2) is 24.0 Å². The Kier molecular flexibility index (Phi) is 5.25.